The Morgan fingerprint density at radius 3 is 2.95 bits per heavy atom. The van der Waals surface area contributed by atoms with Crippen molar-refractivity contribution in [2.75, 3.05) is 19.8 Å². The molecular formula is C14H19BrN2O3. The minimum absolute atomic E-state index is 0.0913. The molecule has 1 atom stereocenters. The molecule has 20 heavy (non-hydrogen) atoms. The van der Waals surface area contributed by atoms with Gasteiger partial charge < -0.3 is 14.4 Å². The molecule has 5 nitrogen and oxygen atoms in total. The Labute approximate surface area is 127 Å². The Kier molecular flexibility index (Phi) is 5.23. The number of hydrogen-bond acceptors (Lipinski definition) is 4. The summed E-state index contributed by atoms with van der Waals surface area (Å²) in [6, 6.07) is 1.95. The molecule has 110 valence electrons. The van der Waals surface area contributed by atoms with E-state index < -0.39 is 0 Å². The number of amides is 1. The van der Waals surface area contributed by atoms with Crippen LogP contribution in [0.2, 0.25) is 0 Å². The molecular weight excluding hydrogens is 324 g/mol. The Balaban J connectivity index is 1.78. The zero-order valence-corrected chi connectivity index (χ0v) is 13.3. The number of halogens is 1. The number of rotatable bonds is 5. The number of carbonyl (C=O) groups is 1. The Hall–Kier alpha value is -1.30. The van der Waals surface area contributed by atoms with Crippen LogP contribution in [-0.4, -0.2) is 41.8 Å². The Bertz CT molecular complexity index is 467. The van der Waals surface area contributed by atoms with E-state index in [9.17, 15) is 4.79 Å². The molecule has 1 saturated heterocycles. The number of likely N-dealkylation sites (tertiary alicyclic amines) is 1. The normalized spacial score (nSPS) is 17.8. The third kappa shape index (κ3) is 4.10. The van der Waals surface area contributed by atoms with Crippen LogP contribution in [0, 0.1) is 5.92 Å². The predicted molar refractivity (Wildman–Crippen MR) is 78.7 cm³/mol. The van der Waals surface area contributed by atoms with Crippen LogP contribution in [-0.2, 0) is 4.74 Å². The van der Waals surface area contributed by atoms with Crippen LogP contribution >= 0.6 is 15.9 Å². The second-order valence-corrected chi connectivity index (χ2v) is 6.17. The molecule has 2 heterocycles. The molecule has 0 N–H and O–H groups in total. The van der Waals surface area contributed by atoms with Gasteiger partial charge in [-0.25, -0.2) is 4.79 Å². The second kappa shape index (κ2) is 6.92. The molecule has 2 rings (SSSR count). The quantitative estimate of drug-likeness (QED) is 0.824. The SMILES string of the molecule is CC(C)COC(=O)N1CC[C@H]1COc1cncc(Br)c1. The molecule has 0 saturated carbocycles. The summed E-state index contributed by atoms with van der Waals surface area (Å²) in [6.07, 6.45) is 4.06. The van der Waals surface area contributed by atoms with Crippen molar-refractivity contribution >= 4 is 22.0 Å². The summed E-state index contributed by atoms with van der Waals surface area (Å²) >= 11 is 3.34. The summed E-state index contributed by atoms with van der Waals surface area (Å²) in [5.41, 5.74) is 0. The van der Waals surface area contributed by atoms with E-state index in [2.05, 4.69) is 20.9 Å². The molecule has 6 heteroatoms. The summed E-state index contributed by atoms with van der Waals surface area (Å²) in [4.78, 5) is 17.6. The zero-order chi connectivity index (χ0) is 14.5. The van der Waals surface area contributed by atoms with E-state index in [1.807, 2.05) is 19.9 Å². The molecule has 0 aliphatic carbocycles. The lowest BCUT2D eigenvalue weighted by Crippen LogP contribution is -2.54. The highest BCUT2D eigenvalue weighted by atomic mass is 79.9. The van der Waals surface area contributed by atoms with E-state index in [0.717, 1.165) is 17.4 Å². The molecule has 1 aromatic rings. The molecule has 1 aliphatic heterocycles. The van der Waals surface area contributed by atoms with Crippen molar-refractivity contribution in [1.82, 2.24) is 9.88 Å². The summed E-state index contributed by atoms with van der Waals surface area (Å²) < 4.78 is 11.7. The van der Waals surface area contributed by atoms with Gasteiger partial charge in [-0.1, -0.05) is 13.8 Å². The van der Waals surface area contributed by atoms with Crippen molar-refractivity contribution in [3.05, 3.63) is 22.9 Å². The van der Waals surface area contributed by atoms with E-state index in [1.165, 1.54) is 0 Å². The van der Waals surface area contributed by atoms with Crippen molar-refractivity contribution in [2.45, 2.75) is 26.3 Å². The highest BCUT2D eigenvalue weighted by molar-refractivity contribution is 9.10. The van der Waals surface area contributed by atoms with E-state index >= 15 is 0 Å². The molecule has 0 aromatic carbocycles. The summed E-state index contributed by atoms with van der Waals surface area (Å²) in [7, 11) is 0. The van der Waals surface area contributed by atoms with Gasteiger partial charge >= 0.3 is 6.09 Å². The molecule has 1 amide bonds. The van der Waals surface area contributed by atoms with Gasteiger partial charge in [0.05, 0.1) is 18.8 Å². The second-order valence-electron chi connectivity index (χ2n) is 5.26. The van der Waals surface area contributed by atoms with Crippen LogP contribution < -0.4 is 4.74 Å². The summed E-state index contributed by atoms with van der Waals surface area (Å²) in [6.45, 7) is 5.70. The van der Waals surface area contributed by atoms with Gasteiger partial charge in [-0.2, -0.15) is 0 Å². The maximum Gasteiger partial charge on any atom is 0.410 e. The van der Waals surface area contributed by atoms with Gasteiger partial charge in [0.25, 0.3) is 0 Å². The Morgan fingerprint density at radius 2 is 2.35 bits per heavy atom. The predicted octanol–water partition coefficient (Wildman–Crippen LogP) is 3.09. The number of pyridine rings is 1. The van der Waals surface area contributed by atoms with Crippen molar-refractivity contribution in [1.29, 1.82) is 0 Å². The molecule has 0 radical (unpaired) electrons. The maximum absolute atomic E-state index is 11.8. The molecule has 1 fully saturated rings. The molecule has 0 spiro atoms. The van der Waals surface area contributed by atoms with Crippen LogP contribution in [0.4, 0.5) is 4.79 Å². The van der Waals surface area contributed by atoms with Gasteiger partial charge in [0.2, 0.25) is 0 Å². The smallest absolute Gasteiger partial charge is 0.410 e. The van der Waals surface area contributed by atoms with Crippen LogP contribution in [0.25, 0.3) is 0 Å². The average Bonchev–Trinajstić information content (AvgIpc) is 2.35. The Morgan fingerprint density at radius 1 is 1.55 bits per heavy atom. The van der Waals surface area contributed by atoms with Gasteiger partial charge in [-0.05, 0) is 34.3 Å². The van der Waals surface area contributed by atoms with Crippen molar-refractivity contribution in [3.63, 3.8) is 0 Å². The first-order chi connectivity index (χ1) is 9.56. The molecule has 0 unspecified atom stereocenters. The van der Waals surface area contributed by atoms with Gasteiger partial charge in [0.15, 0.2) is 0 Å². The van der Waals surface area contributed by atoms with Gasteiger partial charge in [0.1, 0.15) is 12.4 Å². The van der Waals surface area contributed by atoms with E-state index in [-0.39, 0.29) is 12.1 Å². The molecule has 0 bridgehead atoms. The van der Waals surface area contributed by atoms with Crippen LogP contribution in [0.1, 0.15) is 20.3 Å². The van der Waals surface area contributed by atoms with Gasteiger partial charge in [0, 0.05) is 17.2 Å². The minimum Gasteiger partial charge on any atom is -0.490 e. The monoisotopic (exact) mass is 342 g/mol. The number of carbonyl (C=O) groups excluding carboxylic acids is 1. The zero-order valence-electron chi connectivity index (χ0n) is 11.7. The summed E-state index contributed by atoms with van der Waals surface area (Å²) in [5.74, 6) is 1.05. The first kappa shape index (κ1) is 15.1. The molecule has 1 aromatic heterocycles. The average molecular weight is 343 g/mol. The number of nitrogens with zero attached hydrogens (tertiary/aromatic N) is 2. The fourth-order valence-corrected chi connectivity index (χ4v) is 2.18. The van der Waals surface area contributed by atoms with Crippen molar-refractivity contribution in [3.8, 4) is 5.75 Å². The lowest BCUT2D eigenvalue weighted by Gasteiger charge is -2.39. The fourth-order valence-electron chi connectivity index (χ4n) is 1.84. The largest absolute Gasteiger partial charge is 0.490 e. The highest BCUT2D eigenvalue weighted by Gasteiger charge is 2.33. The van der Waals surface area contributed by atoms with Crippen LogP contribution in [0.3, 0.4) is 0 Å². The van der Waals surface area contributed by atoms with E-state index in [0.29, 0.717) is 24.9 Å². The minimum atomic E-state index is -0.245. The van der Waals surface area contributed by atoms with Gasteiger partial charge in [-0.15, -0.1) is 0 Å². The highest BCUT2D eigenvalue weighted by Crippen LogP contribution is 2.21. The topological polar surface area (TPSA) is 51.7 Å². The van der Waals surface area contributed by atoms with Crippen molar-refractivity contribution in [2.24, 2.45) is 5.92 Å². The lowest BCUT2D eigenvalue weighted by molar-refractivity contribution is 0.0248. The third-order valence-corrected chi connectivity index (χ3v) is 3.47. The maximum atomic E-state index is 11.8. The summed E-state index contributed by atoms with van der Waals surface area (Å²) in [5, 5.41) is 0. The third-order valence-electron chi connectivity index (χ3n) is 3.04. The van der Waals surface area contributed by atoms with Gasteiger partial charge in [-0.3, -0.25) is 4.98 Å². The number of hydrogen-bond donors (Lipinski definition) is 0. The number of aromatic nitrogens is 1. The van der Waals surface area contributed by atoms with Crippen LogP contribution in [0.15, 0.2) is 22.9 Å². The van der Waals surface area contributed by atoms with E-state index in [1.54, 1.807) is 17.3 Å². The lowest BCUT2D eigenvalue weighted by atomic mass is 10.1. The first-order valence-corrected chi connectivity index (χ1v) is 7.52. The van der Waals surface area contributed by atoms with Crippen LogP contribution in [0.5, 0.6) is 5.75 Å². The first-order valence-electron chi connectivity index (χ1n) is 6.73. The van der Waals surface area contributed by atoms with Crippen molar-refractivity contribution < 1.29 is 14.3 Å². The standard InChI is InChI=1S/C14H19BrN2O3/c1-10(2)8-20-14(18)17-4-3-12(17)9-19-13-5-11(15)6-16-7-13/h5-7,10,12H,3-4,8-9H2,1-2H3/t12-/m0/s1. The fraction of sp³-hybridized carbons (Fsp3) is 0.571. The number of ether oxygens (including phenoxy) is 2. The molecule has 1 aliphatic rings. The van der Waals surface area contributed by atoms with E-state index in [4.69, 9.17) is 9.47 Å².